The number of fused-ring (bicyclic) bond motifs is 1. The lowest BCUT2D eigenvalue weighted by Gasteiger charge is -2.11. The summed E-state index contributed by atoms with van der Waals surface area (Å²) in [4.78, 5) is 7.07. The summed E-state index contributed by atoms with van der Waals surface area (Å²) in [6.45, 7) is 2.27. The molecule has 0 unspecified atom stereocenters. The number of nitrogens with zero attached hydrogens (tertiary/aromatic N) is 2. The molecule has 4 nitrogen and oxygen atoms in total. The maximum atomic E-state index is 5.11. The standard InChI is InChI=1S/C13H16N4S2/c1-14-12(18)15-9-4-5-10-11(8-9)19-13(16-10)17-6-2-3-7-17/h4-5,8H,2-3,6-7H2,1H3,(H2,14,15,18). The van der Waals surface area contributed by atoms with E-state index in [9.17, 15) is 0 Å². The van der Waals surface area contributed by atoms with Gasteiger partial charge in [0.25, 0.3) is 0 Å². The topological polar surface area (TPSA) is 40.2 Å². The minimum Gasteiger partial charge on any atom is -0.366 e. The molecular weight excluding hydrogens is 276 g/mol. The maximum Gasteiger partial charge on any atom is 0.186 e. The predicted molar refractivity (Wildman–Crippen MR) is 86.3 cm³/mol. The second kappa shape index (κ2) is 5.30. The third-order valence-corrected chi connectivity index (χ3v) is 4.62. The number of hydrogen-bond donors (Lipinski definition) is 2. The van der Waals surface area contributed by atoms with Gasteiger partial charge >= 0.3 is 0 Å². The first-order valence-corrected chi connectivity index (χ1v) is 7.63. The lowest BCUT2D eigenvalue weighted by atomic mass is 10.3. The van der Waals surface area contributed by atoms with Crippen molar-refractivity contribution in [1.82, 2.24) is 10.3 Å². The Labute approximate surface area is 121 Å². The molecule has 1 aromatic carbocycles. The number of anilines is 2. The Bertz CT molecular complexity index is 602. The number of nitrogens with one attached hydrogen (secondary N) is 2. The second-order valence-electron chi connectivity index (χ2n) is 4.58. The molecule has 1 aromatic heterocycles. The van der Waals surface area contributed by atoms with Crippen LogP contribution in [0.4, 0.5) is 10.8 Å². The fraction of sp³-hybridized carbons (Fsp3) is 0.385. The van der Waals surface area contributed by atoms with Crippen molar-refractivity contribution < 1.29 is 0 Å². The van der Waals surface area contributed by atoms with Gasteiger partial charge in [-0.1, -0.05) is 11.3 Å². The van der Waals surface area contributed by atoms with Crippen LogP contribution in [-0.2, 0) is 0 Å². The third-order valence-electron chi connectivity index (χ3n) is 3.24. The SMILES string of the molecule is CNC(=S)Nc1ccc2nc(N3CCCC3)sc2c1. The van der Waals surface area contributed by atoms with Gasteiger partial charge in [-0.05, 0) is 43.3 Å². The van der Waals surface area contributed by atoms with E-state index in [1.165, 1.54) is 17.5 Å². The minimum absolute atomic E-state index is 0.628. The zero-order chi connectivity index (χ0) is 13.2. The van der Waals surface area contributed by atoms with Crippen molar-refractivity contribution in [1.29, 1.82) is 0 Å². The van der Waals surface area contributed by atoms with Gasteiger partial charge < -0.3 is 15.5 Å². The smallest absolute Gasteiger partial charge is 0.186 e. The summed E-state index contributed by atoms with van der Waals surface area (Å²) < 4.78 is 1.20. The van der Waals surface area contributed by atoms with E-state index in [1.54, 1.807) is 11.3 Å². The number of thiazole rings is 1. The highest BCUT2D eigenvalue weighted by Gasteiger charge is 2.16. The van der Waals surface area contributed by atoms with Crippen molar-refractivity contribution in [3.63, 3.8) is 0 Å². The maximum absolute atomic E-state index is 5.11. The van der Waals surface area contributed by atoms with Gasteiger partial charge in [0.15, 0.2) is 10.2 Å². The number of aromatic nitrogens is 1. The van der Waals surface area contributed by atoms with Gasteiger partial charge in [-0.15, -0.1) is 0 Å². The van der Waals surface area contributed by atoms with Gasteiger partial charge in [0.1, 0.15) is 0 Å². The molecule has 1 aliphatic heterocycles. The quantitative estimate of drug-likeness (QED) is 0.833. The normalized spacial score (nSPS) is 14.9. The van der Waals surface area contributed by atoms with Crippen LogP contribution in [0, 0.1) is 0 Å². The van der Waals surface area contributed by atoms with Gasteiger partial charge in [0.05, 0.1) is 10.2 Å². The van der Waals surface area contributed by atoms with Crippen LogP contribution in [0.5, 0.6) is 0 Å². The van der Waals surface area contributed by atoms with Crippen molar-refractivity contribution in [2.24, 2.45) is 0 Å². The van der Waals surface area contributed by atoms with E-state index in [1.807, 2.05) is 19.2 Å². The largest absolute Gasteiger partial charge is 0.366 e. The molecule has 0 spiro atoms. The highest BCUT2D eigenvalue weighted by Crippen LogP contribution is 2.32. The molecule has 0 aliphatic carbocycles. The molecule has 3 rings (SSSR count). The molecule has 0 radical (unpaired) electrons. The summed E-state index contributed by atoms with van der Waals surface area (Å²) in [5.41, 5.74) is 2.07. The predicted octanol–water partition coefficient (Wildman–Crippen LogP) is 2.81. The van der Waals surface area contributed by atoms with Gasteiger partial charge in [0, 0.05) is 25.8 Å². The summed E-state index contributed by atoms with van der Waals surface area (Å²) in [5, 5.41) is 7.83. The Hall–Kier alpha value is -1.40. The summed E-state index contributed by atoms with van der Waals surface area (Å²) in [6.07, 6.45) is 2.55. The zero-order valence-electron chi connectivity index (χ0n) is 10.8. The van der Waals surface area contributed by atoms with Gasteiger partial charge in [-0.2, -0.15) is 0 Å². The van der Waals surface area contributed by atoms with Gasteiger partial charge in [-0.25, -0.2) is 4.98 Å². The molecular formula is C13H16N4S2. The molecule has 2 N–H and O–H groups in total. The Morgan fingerprint density at radius 3 is 2.89 bits per heavy atom. The summed E-state index contributed by atoms with van der Waals surface area (Å²) in [5.74, 6) is 0. The molecule has 1 aliphatic rings. The monoisotopic (exact) mass is 292 g/mol. The molecule has 100 valence electrons. The van der Waals surface area contributed by atoms with Crippen LogP contribution < -0.4 is 15.5 Å². The molecule has 2 aromatic rings. The molecule has 0 amide bonds. The van der Waals surface area contributed by atoms with E-state index in [0.29, 0.717) is 5.11 Å². The second-order valence-corrected chi connectivity index (χ2v) is 5.99. The van der Waals surface area contributed by atoms with Crippen molar-refractivity contribution in [2.75, 3.05) is 30.4 Å². The number of hydrogen-bond acceptors (Lipinski definition) is 4. The van der Waals surface area contributed by atoms with Gasteiger partial charge in [-0.3, -0.25) is 0 Å². The molecule has 0 bridgehead atoms. The first kappa shape index (κ1) is 12.6. The van der Waals surface area contributed by atoms with E-state index in [4.69, 9.17) is 17.2 Å². The van der Waals surface area contributed by atoms with Crippen molar-refractivity contribution in [2.45, 2.75) is 12.8 Å². The molecule has 2 heterocycles. The first-order chi connectivity index (χ1) is 9.26. The fourth-order valence-corrected chi connectivity index (χ4v) is 3.40. The molecule has 6 heteroatoms. The summed E-state index contributed by atoms with van der Waals surface area (Å²) in [6, 6.07) is 6.17. The van der Waals surface area contributed by atoms with Crippen molar-refractivity contribution in [3.8, 4) is 0 Å². The molecule has 0 atom stereocenters. The molecule has 19 heavy (non-hydrogen) atoms. The number of thiocarbonyl (C=S) groups is 1. The van der Waals surface area contributed by atoms with E-state index in [2.05, 4.69) is 21.6 Å². The average molecular weight is 292 g/mol. The van der Waals surface area contributed by atoms with E-state index < -0.39 is 0 Å². The minimum atomic E-state index is 0.628. The number of rotatable bonds is 2. The van der Waals surface area contributed by atoms with Crippen LogP contribution in [0.15, 0.2) is 18.2 Å². The first-order valence-electron chi connectivity index (χ1n) is 6.40. The summed E-state index contributed by atoms with van der Waals surface area (Å²) >= 11 is 6.86. The average Bonchev–Trinajstić information content (AvgIpc) is 3.06. The van der Waals surface area contributed by atoms with Crippen LogP contribution in [0.2, 0.25) is 0 Å². The van der Waals surface area contributed by atoms with Crippen LogP contribution in [0.1, 0.15) is 12.8 Å². The van der Waals surface area contributed by atoms with Crippen molar-refractivity contribution in [3.05, 3.63) is 18.2 Å². The Morgan fingerprint density at radius 2 is 2.16 bits per heavy atom. The lowest BCUT2D eigenvalue weighted by molar-refractivity contribution is 0.949. The van der Waals surface area contributed by atoms with E-state index >= 15 is 0 Å². The number of benzene rings is 1. The fourth-order valence-electron chi connectivity index (χ4n) is 2.23. The van der Waals surface area contributed by atoms with Crippen LogP contribution in [0.3, 0.4) is 0 Å². The van der Waals surface area contributed by atoms with Crippen LogP contribution in [-0.4, -0.2) is 30.2 Å². The Balaban J connectivity index is 1.88. The van der Waals surface area contributed by atoms with Crippen LogP contribution >= 0.6 is 23.6 Å². The van der Waals surface area contributed by atoms with Gasteiger partial charge in [0.2, 0.25) is 0 Å². The molecule has 1 fully saturated rings. The summed E-state index contributed by atoms with van der Waals surface area (Å²) in [7, 11) is 1.81. The Morgan fingerprint density at radius 1 is 1.37 bits per heavy atom. The highest BCUT2D eigenvalue weighted by molar-refractivity contribution is 7.80. The van der Waals surface area contributed by atoms with Crippen LogP contribution in [0.25, 0.3) is 10.2 Å². The lowest BCUT2D eigenvalue weighted by Crippen LogP contribution is -2.23. The van der Waals surface area contributed by atoms with E-state index in [0.717, 1.165) is 29.4 Å². The Kier molecular flexibility index (Phi) is 3.52. The van der Waals surface area contributed by atoms with E-state index in [-0.39, 0.29) is 0 Å². The molecule has 0 saturated carbocycles. The zero-order valence-corrected chi connectivity index (χ0v) is 12.4. The third kappa shape index (κ3) is 2.64. The molecule has 1 saturated heterocycles. The van der Waals surface area contributed by atoms with Crippen molar-refractivity contribution >= 4 is 49.7 Å². The highest BCUT2D eigenvalue weighted by atomic mass is 32.1.